The second kappa shape index (κ2) is 5.62. The quantitative estimate of drug-likeness (QED) is 0.659. The van der Waals surface area contributed by atoms with Gasteiger partial charge in [-0.3, -0.25) is 14.6 Å². The number of amides is 1. The number of nitrogens with one attached hydrogen (secondary N) is 3. The number of carbonyl (C=O) groups excluding carboxylic acids is 1. The van der Waals surface area contributed by atoms with Crippen molar-refractivity contribution in [1.82, 2.24) is 15.5 Å². The molecule has 1 heterocycles. The van der Waals surface area contributed by atoms with Crippen molar-refractivity contribution in [2.24, 2.45) is 0 Å². The lowest BCUT2D eigenvalue weighted by Crippen LogP contribution is -2.19. The molecule has 2 aromatic rings. The van der Waals surface area contributed by atoms with E-state index in [1.165, 1.54) is 25.2 Å². The first-order valence-corrected chi connectivity index (χ1v) is 7.54. The molecule has 1 aromatic carbocycles. The van der Waals surface area contributed by atoms with E-state index in [4.69, 9.17) is 17.3 Å². The summed E-state index contributed by atoms with van der Waals surface area (Å²) in [7, 11) is -2.46. The Kier molecular flexibility index (Phi) is 4.05. The number of aromatic amines is 1. The van der Waals surface area contributed by atoms with Gasteiger partial charge >= 0.3 is 0 Å². The van der Waals surface area contributed by atoms with Gasteiger partial charge in [0.1, 0.15) is 10.7 Å². The SMILES string of the molecule is CNC(=O)c1cc(NS(=O)(=O)c2cn[nH]c2N)ccc1Cl. The molecule has 0 aliphatic carbocycles. The summed E-state index contributed by atoms with van der Waals surface area (Å²) in [5.74, 6) is -0.508. The lowest BCUT2D eigenvalue weighted by molar-refractivity contribution is 0.0963. The van der Waals surface area contributed by atoms with Crippen molar-refractivity contribution in [1.29, 1.82) is 0 Å². The molecule has 0 fully saturated rings. The van der Waals surface area contributed by atoms with Crippen molar-refractivity contribution in [2.45, 2.75) is 4.90 Å². The first-order chi connectivity index (χ1) is 9.85. The molecule has 0 unspecified atom stereocenters. The van der Waals surface area contributed by atoms with Crippen molar-refractivity contribution in [3.8, 4) is 0 Å². The van der Waals surface area contributed by atoms with E-state index >= 15 is 0 Å². The Morgan fingerprint density at radius 3 is 2.71 bits per heavy atom. The van der Waals surface area contributed by atoms with Gasteiger partial charge in [0.05, 0.1) is 16.8 Å². The van der Waals surface area contributed by atoms with Crippen LogP contribution in [0, 0.1) is 0 Å². The van der Waals surface area contributed by atoms with E-state index in [1.807, 2.05) is 0 Å². The number of hydrogen-bond acceptors (Lipinski definition) is 5. The van der Waals surface area contributed by atoms with E-state index in [9.17, 15) is 13.2 Å². The molecule has 0 spiro atoms. The number of nitrogens with zero attached hydrogens (tertiary/aromatic N) is 1. The summed E-state index contributed by atoms with van der Waals surface area (Å²) in [6, 6.07) is 4.18. The number of aromatic nitrogens is 2. The number of anilines is 2. The molecule has 10 heteroatoms. The first-order valence-electron chi connectivity index (χ1n) is 5.68. The Hall–Kier alpha value is -2.26. The summed E-state index contributed by atoms with van der Waals surface area (Å²) in [4.78, 5) is 11.4. The Morgan fingerprint density at radius 1 is 1.43 bits per heavy atom. The largest absolute Gasteiger partial charge is 0.383 e. The molecule has 5 N–H and O–H groups in total. The van der Waals surface area contributed by atoms with Gasteiger partial charge in [0.15, 0.2) is 0 Å². The van der Waals surface area contributed by atoms with Crippen LogP contribution in [0.4, 0.5) is 11.5 Å². The van der Waals surface area contributed by atoms with Gasteiger partial charge < -0.3 is 11.1 Å². The van der Waals surface area contributed by atoms with Gasteiger partial charge in [0, 0.05) is 12.7 Å². The van der Waals surface area contributed by atoms with Gasteiger partial charge in [0.25, 0.3) is 15.9 Å². The van der Waals surface area contributed by atoms with Gasteiger partial charge in [-0.05, 0) is 18.2 Å². The molecule has 0 saturated carbocycles. The van der Waals surface area contributed by atoms with Crippen molar-refractivity contribution in [3.63, 3.8) is 0 Å². The van der Waals surface area contributed by atoms with Gasteiger partial charge in [-0.1, -0.05) is 11.6 Å². The number of H-pyrrole nitrogens is 1. The lowest BCUT2D eigenvalue weighted by Gasteiger charge is -2.09. The molecular weight excluding hydrogens is 318 g/mol. The van der Waals surface area contributed by atoms with Crippen LogP contribution in [0.15, 0.2) is 29.3 Å². The van der Waals surface area contributed by atoms with Gasteiger partial charge in [-0.25, -0.2) is 8.42 Å². The highest BCUT2D eigenvalue weighted by molar-refractivity contribution is 7.92. The Morgan fingerprint density at radius 2 is 2.14 bits per heavy atom. The van der Waals surface area contributed by atoms with Crippen molar-refractivity contribution in [2.75, 3.05) is 17.5 Å². The number of benzene rings is 1. The van der Waals surface area contributed by atoms with Crippen LogP contribution in [0.1, 0.15) is 10.4 Å². The molecule has 1 aromatic heterocycles. The zero-order chi connectivity index (χ0) is 15.6. The summed E-state index contributed by atoms with van der Waals surface area (Å²) in [6.45, 7) is 0. The van der Waals surface area contributed by atoms with Crippen molar-refractivity contribution in [3.05, 3.63) is 35.0 Å². The molecule has 2 rings (SSSR count). The normalized spacial score (nSPS) is 11.1. The summed E-state index contributed by atoms with van der Waals surface area (Å²) < 4.78 is 26.6. The van der Waals surface area contributed by atoms with Crippen LogP contribution in [-0.2, 0) is 10.0 Å². The number of halogens is 1. The molecule has 0 bridgehead atoms. The van der Waals surface area contributed by atoms with E-state index < -0.39 is 15.9 Å². The fourth-order valence-corrected chi connectivity index (χ4v) is 2.88. The maximum absolute atomic E-state index is 12.1. The number of sulfonamides is 1. The Bertz CT molecular complexity index is 787. The number of nitrogen functional groups attached to an aromatic ring is 1. The summed E-state index contributed by atoms with van der Waals surface area (Å²) >= 11 is 5.89. The van der Waals surface area contributed by atoms with E-state index in [-0.39, 0.29) is 27.0 Å². The fraction of sp³-hybridized carbons (Fsp3) is 0.0909. The van der Waals surface area contributed by atoms with Crippen LogP contribution >= 0.6 is 11.6 Å². The standard InChI is InChI=1S/C11H12ClN5O3S/c1-14-11(18)7-4-6(2-3-8(7)12)17-21(19,20)9-5-15-16-10(9)13/h2-5,17H,1H3,(H,14,18)(H3,13,15,16). The smallest absolute Gasteiger partial charge is 0.267 e. The lowest BCUT2D eigenvalue weighted by atomic mass is 10.2. The molecule has 21 heavy (non-hydrogen) atoms. The van der Waals surface area contributed by atoms with Crippen molar-refractivity contribution >= 4 is 39.0 Å². The molecule has 112 valence electrons. The predicted octanol–water partition coefficient (Wildman–Crippen LogP) is 0.806. The monoisotopic (exact) mass is 329 g/mol. The van der Waals surface area contributed by atoms with Gasteiger partial charge in [-0.2, -0.15) is 5.10 Å². The average molecular weight is 330 g/mol. The molecule has 0 saturated heterocycles. The second-order valence-corrected chi connectivity index (χ2v) is 6.09. The van der Waals surface area contributed by atoms with Gasteiger partial charge in [-0.15, -0.1) is 0 Å². The fourth-order valence-electron chi connectivity index (χ4n) is 1.61. The van der Waals surface area contributed by atoms with Crippen LogP contribution in [0.3, 0.4) is 0 Å². The number of hydrogen-bond donors (Lipinski definition) is 4. The van der Waals surface area contributed by atoms with E-state index in [0.717, 1.165) is 6.20 Å². The predicted molar refractivity (Wildman–Crippen MR) is 78.7 cm³/mol. The average Bonchev–Trinajstić information content (AvgIpc) is 2.87. The highest BCUT2D eigenvalue weighted by Gasteiger charge is 2.20. The minimum Gasteiger partial charge on any atom is -0.383 e. The maximum Gasteiger partial charge on any atom is 0.267 e. The molecule has 8 nitrogen and oxygen atoms in total. The molecular formula is C11H12ClN5O3S. The molecule has 0 atom stereocenters. The summed E-state index contributed by atoms with van der Waals surface area (Å²) in [6.07, 6.45) is 1.09. The third-order valence-electron chi connectivity index (χ3n) is 2.61. The minimum atomic E-state index is -3.91. The first kappa shape index (κ1) is 15.1. The topological polar surface area (TPSA) is 130 Å². The van der Waals surface area contributed by atoms with Crippen LogP contribution < -0.4 is 15.8 Å². The zero-order valence-electron chi connectivity index (χ0n) is 10.8. The zero-order valence-corrected chi connectivity index (χ0v) is 12.4. The number of nitrogens with two attached hydrogens (primary N) is 1. The Labute approximate surface area is 125 Å². The van der Waals surface area contributed by atoms with Gasteiger partial charge in [0.2, 0.25) is 0 Å². The summed E-state index contributed by atoms with van der Waals surface area (Å²) in [5, 5.41) is 8.50. The van der Waals surface area contributed by atoms with Crippen molar-refractivity contribution < 1.29 is 13.2 Å². The van der Waals surface area contributed by atoms with Crippen LogP contribution in [0.5, 0.6) is 0 Å². The van der Waals surface area contributed by atoms with E-state index in [1.54, 1.807) is 0 Å². The molecule has 1 amide bonds. The Balaban J connectivity index is 2.37. The van der Waals surface area contributed by atoms with Crippen LogP contribution in [0.2, 0.25) is 5.02 Å². The third kappa shape index (κ3) is 3.09. The minimum absolute atomic E-state index is 0.0806. The molecule has 0 aliphatic rings. The molecule has 0 radical (unpaired) electrons. The maximum atomic E-state index is 12.1. The molecule has 0 aliphatic heterocycles. The number of carbonyl (C=O) groups is 1. The van der Waals surface area contributed by atoms with Crippen LogP contribution in [-0.4, -0.2) is 31.6 Å². The van der Waals surface area contributed by atoms with E-state index in [2.05, 4.69) is 20.2 Å². The highest BCUT2D eigenvalue weighted by atomic mass is 35.5. The second-order valence-electron chi connectivity index (χ2n) is 4.03. The summed E-state index contributed by atoms with van der Waals surface area (Å²) in [5.41, 5.74) is 5.81. The highest BCUT2D eigenvalue weighted by Crippen LogP contribution is 2.24. The van der Waals surface area contributed by atoms with E-state index in [0.29, 0.717) is 0 Å². The number of rotatable bonds is 4. The van der Waals surface area contributed by atoms with Crippen LogP contribution in [0.25, 0.3) is 0 Å². The third-order valence-corrected chi connectivity index (χ3v) is 4.35.